The summed E-state index contributed by atoms with van der Waals surface area (Å²) in [7, 11) is 0. The molecule has 9 heavy (non-hydrogen) atoms. The summed E-state index contributed by atoms with van der Waals surface area (Å²) in [6.45, 7) is 1.44. The minimum atomic E-state index is -0.958. The minimum Gasteiger partial charge on any atom is -0.314 e. The van der Waals surface area contributed by atoms with Crippen LogP contribution in [-0.2, 0) is 0 Å². The number of nitrogens with one attached hydrogen (secondary N) is 2. The summed E-state index contributed by atoms with van der Waals surface area (Å²) in [5.74, 6) is 0. The van der Waals surface area contributed by atoms with Gasteiger partial charge in [-0.15, -0.1) is 0 Å². The third-order valence-electron chi connectivity index (χ3n) is 0.903. The standard InChI is InChI=1S/C5H6N2O2/c1-3-2-6-5(9)7-4(3)8/h2H,1H3,(H2,6,7,8,9)/i2+1/hD2. The normalized spacial score (nSPS) is 12.6. The monoisotopic (exact) mass is 129 g/mol. The number of rotatable bonds is 0. The lowest BCUT2D eigenvalue weighted by Crippen LogP contribution is -2.22. The van der Waals surface area contributed by atoms with E-state index in [4.69, 9.17) is 2.82 Å². The van der Waals surface area contributed by atoms with Crippen LogP contribution in [0.3, 0.4) is 0 Å². The molecule has 4 nitrogen and oxygen atoms in total. The molecule has 0 aliphatic heterocycles. The maximum absolute atomic E-state index is 10.8. The molecule has 0 amide bonds. The molecule has 48 valence electrons. The summed E-state index contributed by atoms with van der Waals surface area (Å²) in [5.41, 5.74) is -1.44. The Balaban J connectivity index is 3.74. The van der Waals surface area contributed by atoms with Crippen molar-refractivity contribution >= 4 is 0 Å². The van der Waals surface area contributed by atoms with E-state index in [1.54, 1.807) is 0 Å². The van der Waals surface area contributed by atoms with Crippen LogP contribution >= 0.6 is 0 Å². The van der Waals surface area contributed by atoms with E-state index in [0.29, 0.717) is 4.98 Å². The summed E-state index contributed by atoms with van der Waals surface area (Å²) in [5, 5.41) is 0. The molecule has 4 heteroatoms. The zero-order valence-electron chi connectivity index (χ0n) is 6.79. The molecule has 2 N–H and O–H groups in total. The first-order valence-corrected chi connectivity index (χ1v) is 2.38. The van der Waals surface area contributed by atoms with Crippen molar-refractivity contribution in [1.82, 2.24) is 9.95 Å². The highest BCUT2D eigenvalue weighted by molar-refractivity contribution is 4.98. The van der Waals surface area contributed by atoms with Crippen LogP contribution in [-0.4, -0.2) is 9.95 Å². The van der Waals surface area contributed by atoms with Crippen molar-refractivity contribution in [3.05, 3.63) is 32.6 Å². The molecule has 1 heterocycles. The van der Waals surface area contributed by atoms with Gasteiger partial charge in [0.25, 0.3) is 5.56 Å². The Hall–Kier alpha value is -1.32. The maximum atomic E-state index is 10.8. The van der Waals surface area contributed by atoms with Crippen LogP contribution in [0.4, 0.5) is 0 Å². The number of aromatic amines is 2. The molecule has 1 aromatic rings. The van der Waals surface area contributed by atoms with Crippen molar-refractivity contribution < 1.29 is 2.82 Å². The van der Waals surface area contributed by atoms with E-state index >= 15 is 0 Å². The fraction of sp³-hybridized carbons (Fsp3) is 0.200. The Labute approximate surface area is 53.5 Å². The van der Waals surface area contributed by atoms with Crippen LogP contribution in [0.2, 0.25) is 2.82 Å². The third kappa shape index (κ3) is 1.07. The van der Waals surface area contributed by atoms with Crippen LogP contribution in [0.1, 0.15) is 5.56 Å². The maximum Gasteiger partial charge on any atom is 0.325 e. The van der Waals surface area contributed by atoms with Crippen molar-refractivity contribution in [2.45, 2.75) is 6.92 Å². The molecule has 0 saturated heterocycles. The van der Waals surface area contributed by atoms with Gasteiger partial charge in [0, 0.05) is 11.8 Å². The average molecular weight is 129 g/mol. The van der Waals surface area contributed by atoms with Gasteiger partial charge in [0.05, 0.1) is 0 Å². The van der Waals surface area contributed by atoms with Crippen molar-refractivity contribution in [3.8, 4) is 0 Å². The fourth-order valence-electron chi connectivity index (χ4n) is 0.411. The third-order valence-corrected chi connectivity index (χ3v) is 0.903. The minimum absolute atomic E-state index is 0.155. The first-order chi connectivity index (χ1) is 5.04. The second-order valence-electron chi connectivity index (χ2n) is 1.64. The van der Waals surface area contributed by atoms with Gasteiger partial charge in [0.1, 0.15) is 0 Å². The molecule has 0 aromatic carbocycles. The van der Waals surface area contributed by atoms with Gasteiger partial charge in [0.15, 0.2) is 2.82 Å². The van der Waals surface area contributed by atoms with E-state index in [2.05, 4.69) is 0 Å². The quantitative estimate of drug-likeness (QED) is 0.490. The molecule has 1 aromatic heterocycles. The second kappa shape index (κ2) is 1.89. The molecule has 0 unspecified atom stereocenters. The van der Waals surface area contributed by atoms with E-state index in [-0.39, 0.29) is 10.5 Å². The molecule has 0 aliphatic rings. The molecule has 0 aliphatic carbocycles. The summed E-state index contributed by atoms with van der Waals surface area (Å²) in [4.78, 5) is 22.1. The summed E-state index contributed by atoms with van der Waals surface area (Å²) in [6.07, 6.45) is 1.08. The van der Waals surface area contributed by atoms with Crippen LogP contribution < -0.4 is 11.2 Å². The van der Waals surface area contributed by atoms with Crippen molar-refractivity contribution in [2.24, 2.45) is 0 Å². The van der Waals surface area contributed by atoms with Crippen LogP contribution in [0.5, 0.6) is 0 Å². The van der Waals surface area contributed by atoms with Crippen molar-refractivity contribution in [1.29, 1.82) is 0 Å². The Morgan fingerprint density at radius 1 is 1.67 bits per heavy atom. The van der Waals surface area contributed by atoms with Crippen molar-refractivity contribution in [2.75, 3.05) is 0 Å². The zero-order chi connectivity index (χ0) is 8.59. The lowest BCUT2D eigenvalue weighted by Gasteiger charge is -1.84. The van der Waals surface area contributed by atoms with E-state index in [1.807, 2.05) is 0 Å². The lowest BCUT2D eigenvalue weighted by atomic mass is 10.5. The summed E-state index contributed by atoms with van der Waals surface area (Å²) < 4.78 is 13.8. The molecule has 0 atom stereocenters. The van der Waals surface area contributed by atoms with Gasteiger partial charge in [0.2, 0.25) is 0 Å². The molecule has 0 saturated carbocycles. The largest absolute Gasteiger partial charge is 0.325 e. The van der Waals surface area contributed by atoms with E-state index in [0.717, 1.165) is 6.20 Å². The van der Waals surface area contributed by atoms with Gasteiger partial charge < -0.3 is 4.98 Å². The highest BCUT2D eigenvalue weighted by Crippen LogP contribution is 1.73. The number of hydrogen-bond donors (Lipinski definition) is 2. The topological polar surface area (TPSA) is 65.7 Å². The number of H-pyrrole nitrogens is 2. The lowest BCUT2D eigenvalue weighted by molar-refractivity contribution is 1.01. The molecule has 0 spiro atoms. The Bertz CT molecular complexity index is 358. The molecule has 1 rings (SSSR count). The predicted octanol–water partition coefficient (Wildman–Crippen LogP) is -0.628. The van der Waals surface area contributed by atoms with Crippen LogP contribution in [0.25, 0.3) is 0 Å². The van der Waals surface area contributed by atoms with Gasteiger partial charge in [-0.25, -0.2) is 4.79 Å². The smallest absolute Gasteiger partial charge is 0.314 e. The van der Waals surface area contributed by atoms with Crippen LogP contribution in [0.15, 0.2) is 15.8 Å². The molecular formula is C5H6N2O2. The van der Waals surface area contributed by atoms with E-state index in [9.17, 15) is 9.59 Å². The first-order valence-electron chi connectivity index (χ1n) is 3.27. The van der Waals surface area contributed by atoms with E-state index < -0.39 is 11.2 Å². The SMILES string of the molecule is [2H]n1[13cH]c(C)c(=O)n([2H])c1=O. The molecule has 0 radical (unpaired) electrons. The predicted molar refractivity (Wildman–Crippen MR) is 32.4 cm³/mol. The number of aryl methyl sites for hydroxylation is 1. The fourth-order valence-corrected chi connectivity index (χ4v) is 0.411. The Morgan fingerprint density at radius 2 is 2.33 bits per heavy atom. The molecule has 0 fully saturated rings. The summed E-state index contributed by atoms with van der Waals surface area (Å²) in [6, 6.07) is 0. The number of hydrogen-bond acceptors (Lipinski definition) is 2. The van der Waals surface area contributed by atoms with Gasteiger partial charge >= 0.3 is 5.69 Å². The first kappa shape index (κ1) is 3.66. The molecule has 0 bridgehead atoms. The Morgan fingerprint density at radius 3 is 3.00 bits per heavy atom. The summed E-state index contributed by atoms with van der Waals surface area (Å²) >= 11 is 0. The van der Waals surface area contributed by atoms with Crippen molar-refractivity contribution in [3.63, 3.8) is 0 Å². The van der Waals surface area contributed by atoms with E-state index in [1.165, 1.54) is 6.92 Å². The average Bonchev–Trinajstić information content (AvgIpc) is 1.97. The van der Waals surface area contributed by atoms with Gasteiger partial charge in [-0.05, 0) is 6.92 Å². The van der Waals surface area contributed by atoms with Gasteiger partial charge in [-0.1, -0.05) is 0 Å². The second-order valence-corrected chi connectivity index (χ2v) is 1.64. The Kier molecular flexibility index (Phi) is 0.768. The van der Waals surface area contributed by atoms with Gasteiger partial charge in [-0.3, -0.25) is 9.77 Å². The highest BCUT2D eigenvalue weighted by Gasteiger charge is 1.88. The zero-order valence-corrected chi connectivity index (χ0v) is 4.79. The van der Waals surface area contributed by atoms with Gasteiger partial charge in [-0.2, -0.15) is 0 Å². The number of aromatic nitrogens is 2. The molecular weight excluding hydrogens is 121 g/mol. The highest BCUT2D eigenvalue weighted by atomic mass is 16.2. The van der Waals surface area contributed by atoms with Crippen LogP contribution in [0, 0.1) is 6.92 Å².